The fraction of sp³-hybridized carbons (Fsp3) is 0.0909. The lowest BCUT2D eigenvalue weighted by atomic mass is 10.2. The highest BCUT2D eigenvalue weighted by Crippen LogP contribution is 2.15. The summed E-state index contributed by atoms with van der Waals surface area (Å²) in [4.78, 5) is 23.1. The number of primary amides is 1. The number of anilines is 1. The van der Waals surface area contributed by atoms with Crippen molar-refractivity contribution < 1.29 is 4.79 Å². The van der Waals surface area contributed by atoms with E-state index in [-0.39, 0.29) is 11.4 Å². The first-order chi connectivity index (χ1) is 8.08. The van der Waals surface area contributed by atoms with Crippen LogP contribution in [0.2, 0.25) is 0 Å². The summed E-state index contributed by atoms with van der Waals surface area (Å²) < 4.78 is 0. The van der Waals surface area contributed by atoms with Gasteiger partial charge in [-0.15, -0.1) is 0 Å². The van der Waals surface area contributed by atoms with Gasteiger partial charge in [0.15, 0.2) is 5.82 Å². The van der Waals surface area contributed by atoms with E-state index < -0.39 is 5.91 Å². The minimum absolute atomic E-state index is 0.0609. The van der Waals surface area contributed by atoms with Gasteiger partial charge in [-0.3, -0.25) is 9.78 Å². The first kappa shape index (κ1) is 11.0. The maximum atomic E-state index is 11.0. The number of carbonyl (C=O) groups is 1. The third-order valence-electron chi connectivity index (χ3n) is 2.23. The van der Waals surface area contributed by atoms with E-state index in [4.69, 9.17) is 11.5 Å². The molecule has 0 radical (unpaired) electrons. The zero-order chi connectivity index (χ0) is 12.4. The Balaban J connectivity index is 2.48. The Morgan fingerprint density at radius 2 is 2.12 bits per heavy atom. The molecule has 0 fully saturated rings. The SMILES string of the molecule is Cc1ccnc(-c2ncc(C(N)=O)c(N)n2)c1. The Kier molecular flexibility index (Phi) is 2.70. The molecule has 0 aliphatic rings. The second-order valence-corrected chi connectivity index (χ2v) is 3.58. The van der Waals surface area contributed by atoms with E-state index in [1.54, 1.807) is 6.20 Å². The quantitative estimate of drug-likeness (QED) is 0.780. The number of pyridine rings is 1. The molecule has 0 aromatic carbocycles. The molecule has 6 heteroatoms. The largest absolute Gasteiger partial charge is 0.383 e. The van der Waals surface area contributed by atoms with Crippen LogP contribution in [0, 0.1) is 6.92 Å². The number of nitrogens with two attached hydrogens (primary N) is 2. The summed E-state index contributed by atoms with van der Waals surface area (Å²) in [7, 11) is 0. The van der Waals surface area contributed by atoms with Crippen molar-refractivity contribution in [3.63, 3.8) is 0 Å². The van der Waals surface area contributed by atoms with Crippen LogP contribution < -0.4 is 11.5 Å². The third-order valence-corrected chi connectivity index (χ3v) is 2.23. The predicted molar refractivity (Wildman–Crippen MR) is 62.9 cm³/mol. The zero-order valence-electron chi connectivity index (χ0n) is 9.21. The Morgan fingerprint density at radius 1 is 1.35 bits per heavy atom. The molecule has 17 heavy (non-hydrogen) atoms. The lowest BCUT2D eigenvalue weighted by molar-refractivity contribution is 0.100. The number of hydrogen-bond donors (Lipinski definition) is 2. The number of aromatic nitrogens is 3. The molecular weight excluding hydrogens is 218 g/mol. The number of carbonyl (C=O) groups excluding carboxylic acids is 1. The molecule has 0 bridgehead atoms. The highest BCUT2D eigenvalue weighted by Gasteiger charge is 2.10. The predicted octanol–water partition coefficient (Wildman–Crippen LogP) is 0.528. The van der Waals surface area contributed by atoms with E-state index >= 15 is 0 Å². The molecule has 2 aromatic rings. The van der Waals surface area contributed by atoms with Crippen LogP contribution in [0.3, 0.4) is 0 Å². The lowest BCUT2D eigenvalue weighted by Gasteiger charge is -2.03. The van der Waals surface area contributed by atoms with Crippen LogP contribution in [-0.4, -0.2) is 20.9 Å². The van der Waals surface area contributed by atoms with Crippen molar-refractivity contribution in [2.24, 2.45) is 5.73 Å². The molecule has 6 nitrogen and oxygen atoms in total. The molecule has 0 aliphatic carbocycles. The van der Waals surface area contributed by atoms with Crippen molar-refractivity contribution in [3.8, 4) is 11.5 Å². The highest BCUT2D eigenvalue weighted by molar-refractivity contribution is 5.96. The van der Waals surface area contributed by atoms with Gasteiger partial charge in [-0.1, -0.05) is 0 Å². The molecule has 2 aromatic heterocycles. The van der Waals surface area contributed by atoms with Crippen molar-refractivity contribution in [3.05, 3.63) is 35.7 Å². The van der Waals surface area contributed by atoms with E-state index in [9.17, 15) is 4.79 Å². The van der Waals surface area contributed by atoms with Gasteiger partial charge in [0.1, 0.15) is 11.5 Å². The molecular formula is C11H11N5O. The summed E-state index contributed by atoms with van der Waals surface area (Å²) >= 11 is 0. The molecule has 0 saturated heterocycles. The van der Waals surface area contributed by atoms with Crippen LogP contribution >= 0.6 is 0 Å². The Labute approximate surface area is 97.7 Å². The van der Waals surface area contributed by atoms with Gasteiger partial charge >= 0.3 is 0 Å². The molecule has 2 rings (SSSR count). The average molecular weight is 229 g/mol. The molecule has 86 valence electrons. The average Bonchev–Trinajstić information content (AvgIpc) is 2.28. The monoisotopic (exact) mass is 229 g/mol. The maximum absolute atomic E-state index is 11.0. The van der Waals surface area contributed by atoms with Crippen LogP contribution in [0.4, 0.5) is 5.82 Å². The Morgan fingerprint density at radius 3 is 2.71 bits per heavy atom. The summed E-state index contributed by atoms with van der Waals surface area (Å²) in [5, 5.41) is 0. The van der Waals surface area contributed by atoms with Crippen LogP contribution in [0.15, 0.2) is 24.5 Å². The van der Waals surface area contributed by atoms with Crippen LogP contribution in [0.1, 0.15) is 15.9 Å². The van der Waals surface area contributed by atoms with Crippen LogP contribution in [0.25, 0.3) is 11.5 Å². The second-order valence-electron chi connectivity index (χ2n) is 3.58. The molecule has 0 spiro atoms. The first-order valence-electron chi connectivity index (χ1n) is 4.93. The number of rotatable bonds is 2. The van der Waals surface area contributed by atoms with E-state index in [0.717, 1.165) is 5.56 Å². The van der Waals surface area contributed by atoms with Crippen LogP contribution in [-0.2, 0) is 0 Å². The van der Waals surface area contributed by atoms with Crippen molar-refractivity contribution >= 4 is 11.7 Å². The normalized spacial score (nSPS) is 10.2. The summed E-state index contributed by atoms with van der Waals surface area (Å²) in [6, 6.07) is 3.70. The summed E-state index contributed by atoms with van der Waals surface area (Å²) in [5.41, 5.74) is 12.5. The van der Waals surface area contributed by atoms with Crippen molar-refractivity contribution in [2.45, 2.75) is 6.92 Å². The van der Waals surface area contributed by atoms with Gasteiger partial charge in [0.05, 0.1) is 5.56 Å². The summed E-state index contributed by atoms with van der Waals surface area (Å²) in [6.45, 7) is 1.94. The molecule has 0 atom stereocenters. The topological polar surface area (TPSA) is 108 Å². The number of nitrogens with zero attached hydrogens (tertiary/aromatic N) is 3. The molecule has 0 aliphatic heterocycles. The minimum Gasteiger partial charge on any atom is -0.383 e. The van der Waals surface area contributed by atoms with Gasteiger partial charge in [-0.25, -0.2) is 9.97 Å². The standard InChI is InChI=1S/C11H11N5O/c1-6-2-3-14-8(4-6)11-15-5-7(10(13)17)9(12)16-11/h2-5H,1H3,(H2,13,17)(H2,12,15,16). The molecule has 0 unspecified atom stereocenters. The van der Waals surface area contributed by atoms with Crippen LogP contribution in [0.5, 0.6) is 0 Å². The van der Waals surface area contributed by atoms with E-state index in [1.807, 2.05) is 19.1 Å². The van der Waals surface area contributed by atoms with Gasteiger partial charge in [0.25, 0.3) is 5.91 Å². The van der Waals surface area contributed by atoms with E-state index in [1.165, 1.54) is 6.20 Å². The summed E-state index contributed by atoms with van der Waals surface area (Å²) in [5.74, 6) is -0.215. The fourth-order valence-electron chi connectivity index (χ4n) is 1.37. The van der Waals surface area contributed by atoms with Crippen molar-refractivity contribution in [1.29, 1.82) is 0 Å². The second kappa shape index (κ2) is 4.17. The number of amides is 1. The third kappa shape index (κ3) is 2.20. The molecule has 0 saturated carbocycles. The first-order valence-corrected chi connectivity index (χ1v) is 4.93. The maximum Gasteiger partial charge on any atom is 0.254 e. The highest BCUT2D eigenvalue weighted by atomic mass is 16.1. The smallest absolute Gasteiger partial charge is 0.254 e. The van der Waals surface area contributed by atoms with Gasteiger partial charge in [-0.05, 0) is 24.6 Å². The van der Waals surface area contributed by atoms with Crippen molar-refractivity contribution in [2.75, 3.05) is 5.73 Å². The van der Waals surface area contributed by atoms with Gasteiger partial charge in [0, 0.05) is 12.4 Å². The van der Waals surface area contributed by atoms with E-state index in [2.05, 4.69) is 15.0 Å². The fourth-order valence-corrected chi connectivity index (χ4v) is 1.37. The molecule has 4 N–H and O–H groups in total. The van der Waals surface area contributed by atoms with Gasteiger partial charge in [-0.2, -0.15) is 0 Å². The Hall–Kier alpha value is -2.50. The lowest BCUT2D eigenvalue weighted by Crippen LogP contribution is -2.15. The van der Waals surface area contributed by atoms with E-state index in [0.29, 0.717) is 11.5 Å². The van der Waals surface area contributed by atoms with Crippen molar-refractivity contribution in [1.82, 2.24) is 15.0 Å². The zero-order valence-corrected chi connectivity index (χ0v) is 9.21. The number of aryl methyl sites for hydroxylation is 1. The van der Waals surface area contributed by atoms with Gasteiger partial charge < -0.3 is 11.5 Å². The van der Waals surface area contributed by atoms with Gasteiger partial charge in [0.2, 0.25) is 0 Å². The number of hydrogen-bond acceptors (Lipinski definition) is 5. The molecule has 1 amide bonds. The number of nitrogen functional groups attached to an aromatic ring is 1. The summed E-state index contributed by atoms with van der Waals surface area (Å²) in [6.07, 6.45) is 2.97. The Bertz CT molecular complexity index is 582. The minimum atomic E-state index is -0.647. The molecule has 2 heterocycles.